The van der Waals surface area contributed by atoms with E-state index in [1.54, 1.807) is 0 Å². The average molecular weight is 463 g/mol. The summed E-state index contributed by atoms with van der Waals surface area (Å²) in [6.07, 6.45) is 26.8. The molecule has 0 fully saturated rings. The molecule has 0 saturated heterocycles. The summed E-state index contributed by atoms with van der Waals surface area (Å²) in [4.78, 5) is 12.9. The summed E-state index contributed by atoms with van der Waals surface area (Å²) in [5, 5.41) is 6.62. The quantitative estimate of drug-likeness (QED) is 0.134. The number of hydrogen-bond acceptors (Lipinski definition) is 6. The number of nitrogen functional groups attached to an aromatic ring is 1. The Balaban J connectivity index is 2.02. The maximum atomic E-state index is 5.87. The Labute approximate surface area is 204 Å². The summed E-state index contributed by atoms with van der Waals surface area (Å²) in [5.74, 6) is 1.45. The van der Waals surface area contributed by atoms with E-state index < -0.39 is 0 Å². The zero-order chi connectivity index (χ0) is 23.8. The highest BCUT2D eigenvalue weighted by Crippen LogP contribution is 2.13. The molecule has 0 unspecified atom stereocenters. The summed E-state index contributed by atoms with van der Waals surface area (Å²) >= 11 is 0. The van der Waals surface area contributed by atoms with E-state index in [0.29, 0.717) is 11.9 Å². The van der Waals surface area contributed by atoms with Crippen molar-refractivity contribution in [1.29, 1.82) is 0 Å². The largest absolute Gasteiger partial charge is 0.368 e. The minimum Gasteiger partial charge on any atom is -0.368 e. The van der Waals surface area contributed by atoms with Gasteiger partial charge in [-0.05, 0) is 12.8 Å². The number of unbranched alkanes of at least 4 members (excludes halogenated alkanes) is 18. The first kappa shape index (κ1) is 29.4. The molecular formula is C27H54N6. The van der Waals surface area contributed by atoms with Crippen LogP contribution in [0.15, 0.2) is 0 Å². The first-order chi connectivity index (χ1) is 16.3. The van der Waals surface area contributed by atoms with Crippen LogP contribution in [0.4, 0.5) is 17.8 Å². The lowest BCUT2D eigenvalue weighted by atomic mass is 10.1. The number of rotatable bonds is 24. The molecule has 0 spiro atoms. The van der Waals surface area contributed by atoms with Crippen molar-refractivity contribution in [1.82, 2.24) is 15.0 Å². The van der Waals surface area contributed by atoms with Crippen molar-refractivity contribution in [2.75, 3.05) is 29.5 Å². The van der Waals surface area contributed by atoms with E-state index in [1.165, 1.54) is 116 Å². The van der Waals surface area contributed by atoms with Crippen LogP contribution in [0, 0.1) is 0 Å². The molecular weight excluding hydrogens is 408 g/mol. The van der Waals surface area contributed by atoms with Crippen molar-refractivity contribution < 1.29 is 0 Å². The Morgan fingerprint density at radius 2 is 0.758 bits per heavy atom. The third-order valence-electron chi connectivity index (χ3n) is 6.28. The van der Waals surface area contributed by atoms with Crippen molar-refractivity contribution in [2.45, 2.75) is 142 Å². The molecule has 4 N–H and O–H groups in total. The van der Waals surface area contributed by atoms with E-state index >= 15 is 0 Å². The highest BCUT2D eigenvalue weighted by molar-refractivity contribution is 5.39. The van der Waals surface area contributed by atoms with Gasteiger partial charge in [0.2, 0.25) is 17.8 Å². The first-order valence-electron chi connectivity index (χ1n) is 14.3. The summed E-state index contributed by atoms with van der Waals surface area (Å²) in [7, 11) is 0. The van der Waals surface area contributed by atoms with Crippen molar-refractivity contribution in [3.63, 3.8) is 0 Å². The Morgan fingerprint density at radius 1 is 0.455 bits per heavy atom. The van der Waals surface area contributed by atoms with Crippen molar-refractivity contribution in [3.8, 4) is 0 Å². The summed E-state index contributed by atoms with van der Waals surface area (Å²) < 4.78 is 0. The van der Waals surface area contributed by atoms with Crippen LogP contribution < -0.4 is 16.4 Å². The summed E-state index contributed by atoms with van der Waals surface area (Å²) in [5.41, 5.74) is 5.87. The van der Waals surface area contributed by atoms with E-state index in [0.717, 1.165) is 25.9 Å². The highest BCUT2D eigenvalue weighted by Gasteiger charge is 2.04. The number of hydrogen-bond donors (Lipinski definition) is 3. The van der Waals surface area contributed by atoms with Gasteiger partial charge in [0.1, 0.15) is 0 Å². The lowest BCUT2D eigenvalue weighted by molar-refractivity contribution is 0.559. The Morgan fingerprint density at radius 3 is 1.09 bits per heavy atom. The molecule has 1 rings (SSSR count). The van der Waals surface area contributed by atoms with Crippen molar-refractivity contribution in [3.05, 3.63) is 0 Å². The van der Waals surface area contributed by atoms with Crippen LogP contribution in [0.1, 0.15) is 142 Å². The van der Waals surface area contributed by atoms with Gasteiger partial charge in [0.25, 0.3) is 0 Å². The molecule has 33 heavy (non-hydrogen) atoms. The zero-order valence-corrected chi connectivity index (χ0v) is 22.0. The van der Waals surface area contributed by atoms with Crippen molar-refractivity contribution in [2.24, 2.45) is 0 Å². The molecule has 0 amide bonds. The van der Waals surface area contributed by atoms with Crippen LogP contribution in [0.25, 0.3) is 0 Å². The standard InChI is InChI=1S/C27H54N6/c1-3-5-7-9-11-13-15-17-19-21-23-29-26-31-25(28)32-27(33-26)30-24-22-20-18-16-14-12-10-8-6-4-2/h3-24H2,1-2H3,(H4,28,29,30,31,32,33). The highest BCUT2D eigenvalue weighted by atomic mass is 15.2. The molecule has 6 nitrogen and oxygen atoms in total. The topological polar surface area (TPSA) is 88.8 Å². The molecule has 1 aromatic heterocycles. The Kier molecular flexibility index (Phi) is 19.8. The van der Waals surface area contributed by atoms with Gasteiger partial charge in [0.05, 0.1) is 0 Å². The van der Waals surface area contributed by atoms with Gasteiger partial charge in [0.15, 0.2) is 0 Å². The minimum absolute atomic E-state index is 0.279. The second kappa shape index (κ2) is 22.2. The van der Waals surface area contributed by atoms with Crippen LogP contribution in [0.5, 0.6) is 0 Å². The normalized spacial score (nSPS) is 11.1. The van der Waals surface area contributed by atoms with Gasteiger partial charge in [-0.15, -0.1) is 0 Å². The predicted molar refractivity (Wildman–Crippen MR) is 145 cm³/mol. The summed E-state index contributed by atoms with van der Waals surface area (Å²) in [6.45, 7) is 6.32. The molecule has 0 saturated carbocycles. The lowest BCUT2D eigenvalue weighted by Gasteiger charge is -2.09. The van der Waals surface area contributed by atoms with Gasteiger partial charge in [-0.1, -0.05) is 129 Å². The lowest BCUT2D eigenvalue weighted by Crippen LogP contribution is -2.12. The Hall–Kier alpha value is -1.59. The monoisotopic (exact) mass is 462 g/mol. The molecule has 0 atom stereocenters. The number of nitrogens with one attached hydrogen (secondary N) is 2. The number of anilines is 3. The SMILES string of the molecule is CCCCCCCCCCCCNc1nc(N)nc(NCCCCCCCCCCCC)n1. The van der Waals surface area contributed by atoms with Crippen LogP contribution in [0.3, 0.4) is 0 Å². The van der Waals surface area contributed by atoms with Gasteiger partial charge in [-0.3, -0.25) is 0 Å². The van der Waals surface area contributed by atoms with E-state index in [9.17, 15) is 0 Å². The maximum Gasteiger partial charge on any atom is 0.229 e. The van der Waals surface area contributed by atoms with Crippen LogP contribution >= 0.6 is 0 Å². The predicted octanol–water partition coefficient (Wildman–Crippen LogP) is 8.12. The van der Waals surface area contributed by atoms with E-state index in [2.05, 4.69) is 39.4 Å². The second-order valence-electron chi connectivity index (χ2n) is 9.56. The number of aromatic nitrogens is 3. The molecule has 1 aromatic rings. The van der Waals surface area contributed by atoms with Crippen LogP contribution in [-0.2, 0) is 0 Å². The smallest absolute Gasteiger partial charge is 0.229 e. The molecule has 0 aromatic carbocycles. The van der Waals surface area contributed by atoms with Gasteiger partial charge >= 0.3 is 0 Å². The fourth-order valence-electron chi connectivity index (χ4n) is 4.18. The van der Waals surface area contributed by atoms with Gasteiger partial charge < -0.3 is 16.4 Å². The van der Waals surface area contributed by atoms with Crippen LogP contribution in [0.2, 0.25) is 0 Å². The molecule has 6 heteroatoms. The van der Waals surface area contributed by atoms with Crippen molar-refractivity contribution >= 4 is 17.8 Å². The summed E-state index contributed by atoms with van der Waals surface area (Å²) in [6, 6.07) is 0. The third-order valence-corrected chi connectivity index (χ3v) is 6.28. The van der Waals surface area contributed by atoms with Crippen LogP contribution in [-0.4, -0.2) is 28.0 Å². The van der Waals surface area contributed by atoms with E-state index in [1.807, 2.05) is 0 Å². The molecule has 192 valence electrons. The third kappa shape index (κ3) is 18.5. The van der Waals surface area contributed by atoms with Gasteiger partial charge in [-0.2, -0.15) is 15.0 Å². The van der Waals surface area contributed by atoms with E-state index in [-0.39, 0.29) is 5.95 Å². The minimum atomic E-state index is 0.279. The number of nitrogens with zero attached hydrogens (tertiary/aromatic N) is 3. The average Bonchev–Trinajstić information content (AvgIpc) is 2.80. The van der Waals surface area contributed by atoms with Gasteiger partial charge in [0, 0.05) is 13.1 Å². The van der Waals surface area contributed by atoms with Gasteiger partial charge in [-0.25, -0.2) is 0 Å². The van der Waals surface area contributed by atoms with E-state index in [4.69, 9.17) is 5.73 Å². The second-order valence-corrected chi connectivity index (χ2v) is 9.56. The fourth-order valence-corrected chi connectivity index (χ4v) is 4.18. The fraction of sp³-hybridized carbons (Fsp3) is 0.889. The first-order valence-corrected chi connectivity index (χ1v) is 14.3. The molecule has 0 aliphatic carbocycles. The molecule has 0 bridgehead atoms. The molecule has 1 heterocycles. The zero-order valence-electron chi connectivity index (χ0n) is 22.0. The molecule has 0 aliphatic rings. The number of nitrogens with two attached hydrogens (primary N) is 1. The Bertz CT molecular complexity index is 507. The molecule has 0 aliphatic heterocycles. The molecule has 0 radical (unpaired) electrons. The maximum absolute atomic E-state index is 5.87.